The Morgan fingerprint density at radius 1 is 1.20 bits per heavy atom. The number of nitrogens with one attached hydrogen (secondary N) is 1. The van der Waals surface area contributed by atoms with Crippen molar-refractivity contribution in [2.45, 2.75) is 6.92 Å². The van der Waals surface area contributed by atoms with Gasteiger partial charge in [-0.1, -0.05) is 12.1 Å². The lowest BCUT2D eigenvalue weighted by Crippen LogP contribution is -2.24. The van der Waals surface area contributed by atoms with Gasteiger partial charge in [0.15, 0.2) is 0 Å². The number of carboxylic acid groups (broad SMARTS) is 1. The minimum absolute atomic E-state index is 0.0477. The van der Waals surface area contributed by atoms with Crippen LogP contribution in [-0.2, 0) is 19.9 Å². The Balaban J connectivity index is 3.07. The predicted octanol–water partition coefficient (Wildman–Crippen LogP) is 0.480. The fourth-order valence-corrected chi connectivity index (χ4v) is 4.22. The molecule has 0 atom stereocenters. The SMILES string of the molecule is Cc1cccc(C(=O)O)c1NS(=O)(=O)CCS(C)(=O)=O. The molecule has 0 aliphatic heterocycles. The lowest BCUT2D eigenvalue weighted by atomic mass is 10.1. The highest BCUT2D eigenvalue weighted by atomic mass is 32.2. The van der Waals surface area contributed by atoms with Crippen LogP contribution in [0.4, 0.5) is 5.69 Å². The molecule has 0 saturated heterocycles. The maximum absolute atomic E-state index is 11.8. The first-order chi connectivity index (χ1) is 9.02. The molecule has 0 unspecified atom stereocenters. The third-order valence-electron chi connectivity index (χ3n) is 2.48. The van der Waals surface area contributed by atoms with E-state index in [9.17, 15) is 21.6 Å². The van der Waals surface area contributed by atoms with Gasteiger partial charge in [-0.05, 0) is 18.6 Å². The van der Waals surface area contributed by atoms with Gasteiger partial charge in [-0.15, -0.1) is 0 Å². The van der Waals surface area contributed by atoms with Gasteiger partial charge in [-0.2, -0.15) is 0 Å². The van der Waals surface area contributed by atoms with Crippen LogP contribution >= 0.6 is 0 Å². The van der Waals surface area contributed by atoms with Crippen molar-refractivity contribution in [3.05, 3.63) is 29.3 Å². The molecule has 20 heavy (non-hydrogen) atoms. The van der Waals surface area contributed by atoms with E-state index in [2.05, 4.69) is 4.72 Å². The van der Waals surface area contributed by atoms with Crippen molar-refractivity contribution in [3.63, 3.8) is 0 Å². The number of anilines is 1. The van der Waals surface area contributed by atoms with Crippen molar-refractivity contribution in [1.82, 2.24) is 0 Å². The van der Waals surface area contributed by atoms with Crippen LogP contribution in [-0.4, -0.2) is 45.7 Å². The summed E-state index contributed by atoms with van der Waals surface area (Å²) in [7, 11) is -7.36. The first kappa shape index (κ1) is 16.4. The molecule has 0 spiro atoms. The molecule has 0 bridgehead atoms. The summed E-state index contributed by atoms with van der Waals surface area (Å²) >= 11 is 0. The number of para-hydroxylation sites is 1. The molecular weight excluding hydrogens is 306 g/mol. The van der Waals surface area contributed by atoms with Crippen LogP contribution in [0.1, 0.15) is 15.9 Å². The maximum Gasteiger partial charge on any atom is 0.337 e. The highest BCUT2D eigenvalue weighted by Gasteiger charge is 2.19. The van der Waals surface area contributed by atoms with Crippen molar-refractivity contribution in [1.29, 1.82) is 0 Å². The summed E-state index contributed by atoms with van der Waals surface area (Å²) in [6.07, 6.45) is 0.930. The quantitative estimate of drug-likeness (QED) is 0.787. The van der Waals surface area contributed by atoms with E-state index < -0.39 is 37.3 Å². The fraction of sp³-hybridized carbons (Fsp3) is 0.364. The average molecular weight is 321 g/mol. The van der Waals surface area contributed by atoms with Gasteiger partial charge in [0.25, 0.3) is 0 Å². The summed E-state index contributed by atoms with van der Waals surface area (Å²) in [5.41, 5.74) is 0.203. The fourth-order valence-electron chi connectivity index (χ4n) is 1.45. The minimum Gasteiger partial charge on any atom is -0.478 e. The molecule has 0 amide bonds. The normalized spacial score (nSPS) is 12.1. The summed E-state index contributed by atoms with van der Waals surface area (Å²) in [5.74, 6) is -2.43. The van der Waals surface area contributed by atoms with Crippen molar-refractivity contribution < 1.29 is 26.7 Å². The number of hydrogen-bond acceptors (Lipinski definition) is 5. The second-order valence-electron chi connectivity index (χ2n) is 4.35. The van der Waals surface area contributed by atoms with E-state index in [0.717, 1.165) is 6.26 Å². The molecule has 1 aromatic rings. The van der Waals surface area contributed by atoms with Gasteiger partial charge in [0.1, 0.15) is 9.84 Å². The highest BCUT2D eigenvalue weighted by molar-refractivity contribution is 7.95. The number of carboxylic acids is 1. The number of benzene rings is 1. The van der Waals surface area contributed by atoms with Crippen molar-refractivity contribution in [2.75, 3.05) is 22.5 Å². The zero-order chi connectivity index (χ0) is 15.6. The molecule has 0 radical (unpaired) electrons. The second kappa shape index (κ2) is 5.80. The lowest BCUT2D eigenvalue weighted by molar-refractivity contribution is 0.0698. The molecule has 0 aliphatic carbocycles. The predicted molar refractivity (Wildman–Crippen MR) is 75.3 cm³/mol. The van der Waals surface area contributed by atoms with Gasteiger partial charge in [0.05, 0.1) is 22.8 Å². The molecular formula is C11H15NO6S2. The van der Waals surface area contributed by atoms with E-state index in [4.69, 9.17) is 5.11 Å². The number of rotatable bonds is 6. The topological polar surface area (TPSA) is 118 Å². The van der Waals surface area contributed by atoms with Gasteiger partial charge in [0, 0.05) is 6.26 Å². The Labute approximate surface area is 117 Å². The van der Waals surface area contributed by atoms with Crippen molar-refractivity contribution in [2.24, 2.45) is 0 Å². The van der Waals surface area contributed by atoms with Gasteiger partial charge in [-0.25, -0.2) is 21.6 Å². The Hall–Kier alpha value is -1.61. The van der Waals surface area contributed by atoms with Crippen LogP contribution < -0.4 is 4.72 Å². The average Bonchev–Trinajstić information content (AvgIpc) is 2.28. The molecule has 7 nitrogen and oxygen atoms in total. The Bertz CT molecular complexity index is 721. The smallest absolute Gasteiger partial charge is 0.337 e. The number of aryl methyl sites for hydroxylation is 1. The Kier molecular flexibility index (Phi) is 4.77. The maximum atomic E-state index is 11.8. The van der Waals surface area contributed by atoms with E-state index >= 15 is 0 Å². The molecule has 1 aromatic carbocycles. The van der Waals surface area contributed by atoms with E-state index in [1.807, 2.05) is 0 Å². The first-order valence-corrected chi connectivity index (χ1v) is 9.24. The summed E-state index contributed by atoms with van der Waals surface area (Å²) < 4.78 is 47.7. The number of sulfonamides is 1. The van der Waals surface area contributed by atoms with E-state index in [1.165, 1.54) is 12.1 Å². The van der Waals surface area contributed by atoms with Crippen molar-refractivity contribution >= 4 is 31.5 Å². The molecule has 0 heterocycles. The monoisotopic (exact) mass is 321 g/mol. The highest BCUT2D eigenvalue weighted by Crippen LogP contribution is 2.22. The lowest BCUT2D eigenvalue weighted by Gasteiger charge is -2.12. The van der Waals surface area contributed by atoms with Gasteiger partial charge in [-0.3, -0.25) is 4.72 Å². The number of hydrogen-bond donors (Lipinski definition) is 2. The summed E-state index contributed by atoms with van der Waals surface area (Å²) in [6.45, 7) is 1.56. The van der Waals surface area contributed by atoms with Crippen LogP contribution in [0.15, 0.2) is 18.2 Å². The summed E-state index contributed by atoms with van der Waals surface area (Å²) in [4.78, 5) is 11.0. The van der Waals surface area contributed by atoms with Gasteiger partial charge >= 0.3 is 5.97 Å². The molecule has 112 valence electrons. The number of aromatic carboxylic acids is 1. The Morgan fingerprint density at radius 2 is 1.80 bits per heavy atom. The number of carbonyl (C=O) groups is 1. The van der Waals surface area contributed by atoms with Crippen LogP contribution in [0.3, 0.4) is 0 Å². The van der Waals surface area contributed by atoms with Gasteiger partial charge in [0.2, 0.25) is 10.0 Å². The minimum atomic E-state index is -3.94. The van der Waals surface area contributed by atoms with Gasteiger partial charge < -0.3 is 5.11 Å². The largest absolute Gasteiger partial charge is 0.478 e. The molecule has 9 heteroatoms. The molecule has 0 aliphatic rings. The molecule has 0 aromatic heterocycles. The second-order valence-corrected chi connectivity index (χ2v) is 8.46. The van der Waals surface area contributed by atoms with E-state index in [-0.39, 0.29) is 11.3 Å². The summed E-state index contributed by atoms with van der Waals surface area (Å²) in [5, 5.41) is 9.02. The standard InChI is InChI=1S/C11H15NO6S2/c1-8-4-3-5-9(11(13)14)10(8)12-20(17,18)7-6-19(2,15)16/h3-5,12H,6-7H2,1-2H3,(H,13,14). The molecule has 0 fully saturated rings. The zero-order valence-corrected chi connectivity index (χ0v) is 12.6. The first-order valence-electron chi connectivity index (χ1n) is 5.53. The van der Waals surface area contributed by atoms with Crippen LogP contribution in [0.5, 0.6) is 0 Å². The third-order valence-corrected chi connectivity index (χ3v) is 4.94. The number of sulfone groups is 1. The third kappa shape index (κ3) is 4.82. The zero-order valence-electron chi connectivity index (χ0n) is 11.0. The Morgan fingerprint density at radius 3 is 2.30 bits per heavy atom. The van der Waals surface area contributed by atoms with Crippen LogP contribution in [0.2, 0.25) is 0 Å². The molecule has 0 saturated carbocycles. The van der Waals surface area contributed by atoms with Crippen LogP contribution in [0, 0.1) is 6.92 Å². The molecule has 2 N–H and O–H groups in total. The summed E-state index contributed by atoms with van der Waals surface area (Å²) in [6, 6.07) is 4.32. The van der Waals surface area contributed by atoms with Crippen molar-refractivity contribution in [3.8, 4) is 0 Å². The van der Waals surface area contributed by atoms with Crippen LogP contribution in [0.25, 0.3) is 0 Å². The molecule has 1 rings (SSSR count). The van der Waals surface area contributed by atoms with E-state index in [1.54, 1.807) is 13.0 Å². The van der Waals surface area contributed by atoms with E-state index in [0.29, 0.717) is 5.56 Å².